The molecule has 1 aromatic carbocycles. The lowest BCUT2D eigenvalue weighted by atomic mass is 9.83. The zero-order valence-electron chi connectivity index (χ0n) is 16.9. The average Bonchev–Trinajstić information content (AvgIpc) is 3.05. The number of aliphatic hydroxyl groups is 1. The van der Waals surface area contributed by atoms with Gasteiger partial charge in [0.2, 0.25) is 0 Å². The van der Waals surface area contributed by atoms with Gasteiger partial charge in [0.05, 0.1) is 0 Å². The topological polar surface area (TPSA) is 74.3 Å². The first-order valence-electron chi connectivity index (χ1n) is 9.86. The molecule has 1 aromatic heterocycles. The maximum Gasteiger partial charge on any atom is 0.387 e. The molecule has 7 heteroatoms. The minimum atomic E-state index is -3.05. The van der Waals surface area contributed by atoms with Crippen molar-refractivity contribution in [1.82, 2.24) is 10.3 Å². The molecule has 1 saturated heterocycles. The lowest BCUT2D eigenvalue weighted by Gasteiger charge is -2.24. The monoisotopic (exact) mass is 406 g/mol. The van der Waals surface area contributed by atoms with Crippen molar-refractivity contribution >= 4 is 0 Å². The summed E-state index contributed by atoms with van der Waals surface area (Å²) in [6.45, 7) is 3.38. The number of aromatic amines is 1. The third-order valence-corrected chi connectivity index (χ3v) is 5.40. The van der Waals surface area contributed by atoms with E-state index in [0.29, 0.717) is 18.5 Å². The van der Waals surface area contributed by atoms with Gasteiger partial charge in [-0.3, -0.25) is 10.1 Å². The van der Waals surface area contributed by atoms with Gasteiger partial charge in [0.25, 0.3) is 5.56 Å². The maximum absolute atomic E-state index is 12.5. The zero-order chi connectivity index (χ0) is 21.2. The number of aromatic nitrogens is 1. The minimum Gasteiger partial charge on any atom is -0.429 e. The van der Waals surface area contributed by atoms with Gasteiger partial charge in [0.15, 0.2) is 5.75 Å². The molecule has 3 rings (SSSR count). The number of ether oxygens (including phenoxy) is 1. The number of benzene rings is 1. The third kappa shape index (κ3) is 5.42. The van der Waals surface area contributed by atoms with Crippen LogP contribution in [-0.4, -0.2) is 29.0 Å². The molecule has 1 fully saturated rings. The summed E-state index contributed by atoms with van der Waals surface area (Å²) in [7, 11) is 0. The molecule has 0 aliphatic carbocycles. The van der Waals surface area contributed by atoms with Crippen LogP contribution in [0.15, 0.2) is 41.2 Å². The van der Waals surface area contributed by atoms with Crippen LogP contribution < -0.4 is 15.6 Å². The summed E-state index contributed by atoms with van der Waals surface area (Å²) in [5.74, 6) is -0.555. The van der Waals surface area contributed by atoms with E-state index in [1.807, 2.05) is 12.1 Å². The van der Waals surface area contributed by atoms with E-state index in [2.05, 4.69) is 47.9 Å². The minimum absolute atomic E-state index is 0.0215. The third-order valence-electron chi connectivity index (χ3n) is 5.40. The molecule has 0 radical (unpaired) electrons. The van der Waals surface area contributed by atoms with E-state index in [1.165, 1.54) is 11.6 Å². The molecule has 29 heavy (non-hydrogen) atoms. The molecule has 0 spiro atoms. The Morgan fingerprint density at radius 1 is 1.14 bits per heavy atom. The van der Waals surface area contributed by atoms with Crippen molar-refractivity contribution < 1.29 is 18.6 Å². The van der Waals surface area contributed by atoms with Crippen LogP contribution in [0.1, 0.15) is 62.8 Å². The number of halogens is 2. The van der Waals surface area contributed by atoms with Crippen LogP contribution in [0.25, 0.3) is 0 Å². The van der Waals surface area contributed by atoms with Gasteiger partial charge in [0, 0.05) is 17.7 Å². The summed E-state index contributed by atoms with van der Waals surface area (Å²) in [5.41, 5.74) is 2.18. The molecule has 0 bridgehead atoms. The number of rotatable bonds is 6. The van der Waals surface area contributed by atoms with Crippen LogP contribution >= 0.6 is 0 Å². The van der Waals surface area contributed by atoms with E-state index in [9.17, 15) is 18.7 Å². The molecular formula is C22H28F2N2O3. The predicted molar refractivity (Wildman–Crippen MR) is 107 cm³/mol. The summed E-state index contributed by atoms with van der Waals surface area (Å²) in [5, 5.41) is 12.9. The number of hydrogen-bond donors (Lipinski definition) is 3. The molecule has 2 unspecified atom stereocenters. The van der Waals surface area contributed by atoms with Gasteiger partial charge in [-0.1, -0.05) is 45.0 Å². The Labute approximate surface area is 169 Å². The highest BCUT2D eigenvalue weighted by Gasteiger charge is 2.27. The molecule has 2 aromatic rings. The van der Waals surface area contributed by atoms with E-state index in [-0.39, 0.29) is 17.4 Å². The Kier molecular flexibility index (Phi) is 6.39. The molecule has 0 amide bonds. The second-order valence-corrected chi connectivity index (χ2v) is 8.60. The van der Waals surface area contributed by atoms with Crippen molar-refractivity contribution in [1.29, 1.82) is 0 Å². The molecule has 1 aliphatic heterocycles. The standard InChI is InChI=1S/C22H28F2N2O3/c1-22(2,3)14-6-4-13(5-7-14)16(12-15-8-11-19(27)25-15)17-9-10-18(20(28)26-17)29-21(23)24/h4-7,9-10,15-16,19,21,25,27H,8,11-12H2,1-3H3,(H,26,28)/t15-,16?,19?/m1/s1. The van der Waals surface area contributed by atoms with E-state index in [1.54, 1.807) is 6.07 Å². The van der Waals surface area contributed by atoms with Gasteiger partial charge >= 0.3 is 6.61 Å². The molecular weight excluding hydrogens is 378 g/mol. The Balaban J connectivity index is 1.93. The number of hydrogen-bond acceptors (Lipinski definition) is 4. The molecule has 158 valence electrons. The Hall–Kier alpha value is -2.25. The van der Waals surface area contributed by atoms with Gasteiger partial charge in [-0.2, -0.15) is 8.78 Å². The first kappa shape index (κ1) is 21.5. The van der Waals surface area contributed by atoms with Crippen LogP contribution in [0.4, 0.5) is 8.78 Å². The van der Waals surface area contributed by atoms with Gasteiger partial charge < -0.3 is 14.8 Å². The Morgan fingerprint density at radius 3 is 2.34 bits per heavy atom. The zero-order valence-corrected chi connectivity index (χ0v) is 16.9. The first-order valence-corrected chi connectivity index (χ1v) is 9.86. The summed E-state index contributed by atoms with van der Waals surface area (Å²) in [6.07, 6.45) is 1.65. The highest BCUT2D eigenvalue weighted by Crippen LogP contribution is 2.32. The lowest BCUT2D eigenvalue weighted by molar-refractivity contribution is -0.0508. The quantitative estimate of drug-likeness (QED) is 0.681. The van der Waals surface area contributed by atoms with Crippen molar-refractivity contribution in [3.8, 4) is 5.75 Å². The average molecular weight is 406 g/mol. The fourth-order valence-corrected chi connectivity index (χ4v) is 3.79. The summed E-state index contributed by atoms with van der Waals surface area (Å²) in [6, 6.07) is 11.2. The number of pyridine rings is 1. The van der Waals surface area contributed by atoms with E-state index in [4.69, 9.17) is 0 Å². The number of H-pyrrole nitrogens is 1. The van der Waals surface area contributed by atoms with Crippen molar-refractivity contribution in [3.63, 3.8) is 0 Å². The number of nitrogens with one attached hydrogen (secondary N) is 2. The van der Waals surface area contributed by atoms with Crippen LogP contribution in [0.5, 0.6) is 5.75 Å². The van der Waals surface area contributed by atoms with E-state index in [0.717, 1.165) is 12.0 Å². The molecule has 0 saturated carbocycles. The van der Waals surface area contributed by atoms with Crippen molar-refractivity contribution in [2.24, 2.45) is 0 Å². The highest BCUT2D eigenvalue weighted by atomic mass is 19.3. The van der Waals surface area contributed by atoms with Crippen LogP contribution in [-0.2, 0) is 5.41 Å². The molecule has 3 atom stereocenters. The normalized spacial score (nSPS) is 20.8. The second kappa shape index (κ2) is 8.63. The number of aliphatic hydroxyl groups excluding tert-OH is 1. The van der Waals surface area contributed by atoms with Crippen molar-refractivity contribution in [2.45, 2.75) is 70.2 Å². The summed E-state index contributed by atoms with van der Waals surface area (Å²) >= 11 is 0. The molecule has 5 nitrogen and oxygen atoms in total. The van der Waals surface area contributed by atoms with Crippen molar-refractivity contribution in [3.05, 3.63) is 63.6 Å². The highest BCUT2D eigenvalue weighted by molar-refractivity contribution is 5.35. The van der Waals surface area contributed by atoms with Gasteiger partial charge in [0.1, 0.15) is 6.23 Å². The number of alkyl halides is 2. The molecule has 1 aliphatic rings. The van der Waals surface area contributed by atoms with Gasteiger partial charge in [-0.25, -0.2) is 0 Å². The van der Waals surface area contributed by atoms with Gasteiger partial charge in [-0.15, -0.1) is 0 Å². The largest absolute Gasteiger partial charge is 0.429 e. The van der Waals surface area contributed by atoms with Crippen LogP contribution in [0, 0.1) is 0 Å². The predicted octanol–water partition coefficient (Wildman–Crippen LogP) is 3.87. The van der Waals surface area contributed by atoms with Crippen LogP contribution in [0.3, 0.4) is 0 Å². The maximum atomic E-state index is 12.5. The van der Waals surface area contributed by atoms with E-state index < -0.39 is 24.1 Å². The lowest BCUT2D eigenvalue weighted by Crippen LogP contribution is -2.31. The first-order chi connectivity index (χ1) is 13.6. The Bertz CT molecular complexity index is 875. The smallest absolute Gasteiger partial charge is 0.387 e. The molecule has 3 N–H and O–H groups in total. The summed E-state index contributed by atoms with van der Waals surface area (Å²) in [4.78, 5) is 14.9. The van der Waals surface area contributed by atoms with E-state index >= 15 is 0 Å². The fourth-order valence-electron chi connectivity index (χ4n) is 3.79. The van der Waals surface area contributed by atoms with Crippen molar-refractivity contribution in [2.75, 3.05) is 0 Å². The fraction of sp³-hybridized carbons (Fsp3) is 0.500. The van der Waals surface area contributed by atoms with Crippen LogP contribution in [0.2, 0.25) is 0 Å². The Morgan fingerprint density at radius 2 is 1.83 bits per heavy atom. The SMILES string of the molecule is CC(C)(C)c1ccc(C(C[C@H]2CCC(O)N2)c2ccc(OC(F)F)c(=O)[nH]2)cc1. The second-order valence-electron chi connectivity index (χ2n) is 8.60. The van der Waals surface area contributed by atoms with Gasteiger partial charge in [-0.05, 0) is 47.9 Å². The summed E-state index contributed by atoms with van der Waals surface area (Å²) < 4.78 is 29.2. The molecule has 2 heterocycles.